The van der Waals surface area contributed by atoms with Crippen LogP contribution in [-0.4, -0.2) is 97.6 Å². The molecule has 2 saturated heterocycles. The van der Waals surface area contributed by atoms with E-state index in [1.807, 2.05) is 0 Å². The number of hydrogen-bond donors (Lipinski definition) is 4. The summed E-state index contributed by atoms with van der Waals surface area (Å²) in [6.07, 6.45) is 1.61. The minimum Gasteiger partial charge on any atom is -0.355 e. The summed E-state index contributed by atoms with van der Waals surface area (Å²) in [5.41, 5.74) is 3.41. The molecule has 2 aliphatic rings. The third-order valence-electron chi connectivity index (χ3n) is 12.4. The highest BCUT2D eigenvalue weighted by Crippen LogP contribution is 2.29. The second-order valence-corrected chi connectivity index (χ2v) is 17.1. The molecule has 0 aromatic heterocycles. The number of nitrogens with one attached hydrogen (secondary N) is 4. The summed E-state index contributed by atoms with van der Waals surface area (Å²) in [5.74, 6) is -8.07. The van der Waals surface area contributed by atoms with Gasteiger partial charge in [-0.1, -0.05) is 54.6 Å². The van der Waals surface area contributed by atoms with Crippen molar-refractivity contribution in [2.24, 2.45) is 23.7 Å². The van der Waals surface area contributed by atoms with Crippen LogP contribution >= 0.6 is 0 Å². The van der Waals surface area contributed by atoms with Crippen LogP contribution in [0, 0.1) is 46.9 Å². The lowest BCUT2D eigenvalue weighted by atomic mass is 9.94. The van der Waals surface area contributed by atoms with Crippen LogP contribution in [0.5, 0.6) is 0 Å². The van der Waals surface area contributed by atoms with Gasteiger partial charge in [-0.05, 0) is 115 Å². The Bertz CT molecular complexity index is 2260. The van der Waals surface area contributed by atoms with Gasteiger partial charge in [-0.2, -0.15) is 0 Å². The number of rotatable bonds is 18. The molecule has 5 aromatic carbocycles. The average molecular weight is 933 g/mol. The first-order valence-electron chi connectivity index (χ1n) is 22.6. The van der Waals surface area contributed by atoms with E-state index in [0.29, 0.717) is 25.7 Å². The zero-order valence-electron chi connectivity index (χ0n) is 37.2. The smallest absolute Gasteiger partial charge is 0.253 e. The number of carbonyl (C=O) groups excluding carboxylic acids is 6. The molecule has 6 amide bonds. The maximum atomic E-state index is 14.2. The van der Waals surface area contributed by atoms with E-state index in [9.17, 15) is 46.3 Å². The summed E-state index contributed by atoms with van der Waals surface area (Å²) in [4.78, 5) is 85.9. The van der Waals surface area contributed by atoms with E-state index < -0.39 is 59.1 Å². The van der Waals surface area contributed by atoms with Crippen LogP contribution in [0.4, 0.5) is 17.6 Å². The SMILES string of the molecule is O=C(NCCc1ccc(F)cc1)[C@@H]1CN(C(=O)c2cccc(C(=O)N3C[C@@H](C(=O)NCCc4ccc(F)cc4)[C@H](C(=O)NCCc4ccc(F)cc4)C3)c2)C[C@H]1C(=O)NCCc1ccc(F)cc1. The lowest BCUT2D eigenvalue weighted by Crippen LogP contribution is -2.42. The van der Waals surface area contributed by atoms with Gasteiger partial charge >= 0.3 is 0 Å². The summed E-state index contributed by atoms with van der Waals surface area (Å²) in [7, 11) is 0. The zero-order valence-corrected chi connectivity index (χ0v) is 37.2. The number of nitrogens with zero attached hydrogens (tertiary/aromatic N) is 2. The Morgan fingerprint density at radius 3 is 0.853 bits per heavy atom. The number of halogens is 4. The molecule has 0 bridgehead atoms. The largest absolute Gasteiger partial charge is 0.355 e. The minimum absolute atomic E-state index is 0.0997. The quantitative estimate of drug-likeness (QED) is 0.0902. The van der Waals surface area contributed by atoms with E-state index in [-0.39, 0.29) is 86.8 Å². The van der Waals surface area contributed by atoms with E-state index in [1.165, 1.54) is 82.6 Å². The molecule has 68 heavy (non-hydrogen) atoms. The first-order chi connectivity index (χ1) is 32.8. The highest BCUT2D eigenvalue weighted by molar-refractivity contribution is 6.01. The van der Waals surface area contributed by atoms with Crippen molar-refractivity contribution in [3.63, 3.8) is 0 Å². The predicted octanol–water partition coefficient (Wildman–Crippen LogP) is 5.06. The molecule has 4 N–H and O–H groups in total. The molecule has 354 valence electrons. The van der Waals surface area contributed by atoms with Gasteiger partial charge in [-0.15, -0.1) is 0 Å². The molecular weight excluding hydrogens is 881 g/mol. The molecule has 12 nitrogen and oxygen atoms in total. The van der Waals surface area contributed by atoms with Crippen molar-refractivity contribution < 1.29 is 46.3 Å². The molecule has 0 saturated carbocycles. The Kier molecular flexibility index (Phi) is 16.4. The van der Waals surface area contributed by atoms with Crippen LogP contribution in [0.1, 0.15) is 43.0 Å². The highest BCUT2D eigenvalue weighted by atomic mass is 19.1. The van der Waals surface area contributed by atoms with Gasteiger partial charge in [-0.25, -0.2) is 17.6 Å². The van der Waals surface area contributed by atoms with E-state index >= 15 is 0 Å². The molecule has 5 aromatic rings. The third-order valence-corrected chi connectivity index (χ3v) is 12.4. The van der Waals surface area contributed by atoms with Crippen molar-refractivity contribution in [3.05, 3.63) is 178 Å². The highest BCUT2D eigenvalue weighted by Gasteiger charge is 2.45. The zero-order chi connectivity index (χ0) is 48.2. The van der Waals surface area contributed by atoms with Crippen LogP contribution < -0.4 is 21.3 Å². The van der Waals surface area contributed by atoms with Crippen LogP contribution in [0.3, 0.4) is 0 Å². The second-order valence-electron chi connectivity index (χ2n) is 17.1. The number of amides is 6. The van der Waals surface area contributed by atoms with Gasteiger partial charge in [-0.3, -0.25) is 28.8 Å². The molecule has 2 heterocycles. The van der Waals surface area contributed by atoms with Gasteiger partial charge in [0.1, 0.15) is 23.3 Å². The summed E-state index contributed by atoms with van der Waals surface area (Å²) in [6.45, 7) is 0.401. The average Bonchev–Trinajstić information content (AvgIpc) is 4.01. The number of likely N-dealkylation sites (tertiary alicyclic amines) is 2. The maximum absolute atomic E-state index is 14.2. The number of carbonyl (C=O) groups is 6. The number of benzene rings is 5. The molecular formula is C52H52F4N6O6. The molecule has 16 heteroatoms. The van der Waals surface area contributed by atoms with Crippen molar-refractivity contribution in [2.45, 2.75) is 25.7 Å². The summed E-state index contributed by atoms with van der Waals surface area (Å²) >= 11 is 0. The Morgan fingerprint density at radius 1 is 0.382 bits per heavy atom. The van der Waals surface area contributed by atoms with Crippen molar-refractivity contribution in [1.29, 1.82) is 0 Å². The predicted molar refractivity (Wildman–Crippen MR) is 245 cm³/mol. The molecule has 0 spiro atoms. The minimum atomic E-state index is -0.926. The topological polar surface area (TPSA) is 157 Å². The summed E-state index contributed by atoms with van der Waals surface area (Å²) < 4.78 is 53.8. The van der Waals surface area contributed by atoms with E-state index in [0.717, 1.165) is 22.3 Å². The van der Waals surface area contributed by atoms with Crippen molar-refractivity contribution in [3.8, 4) is 0 Å². The number of hydrogen-bond acceptors (Lipinski definition) is 6. The first kappa shape index (κ1) is 48.6. The van der Waals surface area contributed by atoms with Crippen LogP contribution in [0.15, 0.2) is 121 Å². The second kappa shape index (κ2) is 22.9. The van der Waals surface area contributed by atoms with Gasteiger partial charge in [0.25, 0.3) is 11.8 Å². The van der Waals surface area contributed by atoms with Gasteiger partial charge in [0.2, 0.25) is 23.6 Å². The summed E-state index contributed by atoms with van der Waals surface area (Å²) in [5, 5.41) is 11.4. The van der Waals surface area contributed by atoms with Gasteiger partial charge < -0.3 is 31.1 Å². The standard InChI is InChI=1S/C52H52F4N6O6/c53-39-12-4-33(5-13-39)20-24-57-47(63)43-29-61(30-44(43)48(64)58-25-21-34-6-14-40(54)15-7-34)51(67)37-2-1-3-38(28-37)52(68)62-31-45(49(65)59-26-22-35-8-16-41(55)17-9-35)46(32-62)50(66)60-27-23-36-10-18-42(56)19-11-36/h1-19,28,43-46H,20-27,29-32H2,(H,57,63)(H,58,64)(H,59,65)(H,60,66)/t43-,44-,45-,46-/m1/s1. The Hall–Kier alpha value is -7.36. The fourth-order valence-corrected chi connectivity index (χ4v) is 8.60. The molecule has 7 rings (SSSR count). The molecule has 2 fully saturated rings. The van der Waals surface area contributed by atoms with E-state index in [4.69, 9.17) is 0 Å². The van der Waals surface area contributed by atoms with E-state index in [1.54, 1.807) is 48.5 Å². The van der Waals surface area contributed by atoms with Gasteiger partial charge in [0, 0.05) is 63.5 Å². The molecule has 0 radical (unpaired) electrons. The molecule has 0 aliphatic carbocycles. The van der Waals surface area contributed by atoms with Crippen molar-refractivity contribution in [2.75, 3.05) is 52.4 Å². The Labute approximate surface area is 391 Å². The van der Waals surface area contributed by atoms with Crippen LogP contribution in [0.25, 0.3) is 0 Å². The third kappa shape index (κ3) is 13.0. The first-order valence-corrected chi connectivity index (χ1v) is 22.6. The lowest BCUT2D eigenvalue weighted by Gasteiger charge is -2.19. The molecule has 4 atom stereocenters. The Morgan fingerprint density at radius 2 is 0.618 bits per heavy atom. The molecule has 0 unspecified atom stereocenters. The van der Waals surface area contributed by atoms with Gasteiger partial charge in [0.15, 0.2) is 0 Å². The van der Waals surface area contributed by atoms with Crippen molar-refractivity contribution >= 4 is 35.4 Å². The van der Waals surface area contributed by atoms with Crippen LogP contribution in [0.2, 0.25) is 0 Å². The maximum Gasteiger partial charge on any atom is 0.253 e. The Balaban J connectivity index is 1.02. The summed E-state index contributed by atoms with van der Waals surface area (Å²) in [6, 6.07) is 29.5. The normalized spacial score (nSPS) is 17.6. The van der Waals surface area contributed by atoms with E-state index in [2.05, 4.69) is 21.3 Å². The fraction of sp³-hybridized carbons (Fsp3) is 0.308. The monoisotopic (exact) mass is 932 g/mol. The van der Waals surface area contributed by atoms with Gasteiger partial charge in [0.05, 0.1) is 23.7 Å². The lowest BCUT2D eigenvalue weighted by molar-refractivity contribution is -0.132. The molecule has 2 aliphatic heterocycles. The van der Waals surface area contributed by atoms with Crippen LogP contribution in [-0.2, 0) is 44.9 Å². The van der Waals surface area contributed by atoms with Crippen molar-refractivity contribution in [1.82, 2.24) is 31.1 Å². The fourth-order valence-electron chi connectivity index (χ4n) is 8.60.